The number of hydrogen-bond acceptors (Lipinski definition) is 2. The van der Waals surface area contributed by atoms with Gasteiger partial charge < -0.3 is 10.3 Å². The van der Waals surface area contributed by atoms with Gasteiger partial charge in [-0.05, 0) is 13.3 Å². The van der Waals surface area contributed by atoms with E-state index in [0.29, 0.717) is 5.71 Å². The predicted molar refractivity (Wildman–Crippen MR) is 45.9 cm³/mol. The van der Waals surface area contributed by atoms with Crippen molar-refractivity contribution < 1.29 is 4.79 Å². The minimum absolute atomic E-state index is 0.0411. The molecule has 0 spiro atoms. The van der Waals surface area contributed by atoms with Crippen LogP contribution in [0.5, 0.6) is 0 Å². The lowest BCUT2D eigenvalue weighted by Gasteiger charge is -2.15. The predicted octanol–water partition coefficient (Wildman–Crippen LogP) is 1.28. The number of carbonyl (C=O) groups is 1. The van der Waals surface area contributed by atoms with Crippen LogP contribution < -0.4 is 0 Å². The molecule has 64 valence electrons. The fourth-order valence-electron chi connectivity index (χ4n) is 0.822. The van der Waals surface area contributed by atoms with Gasteiger partial charge in [0.05, 0.1) is 6.42 Å². The van der Waals surface area contributed by atoms with Gasteiger partial charge in [-0.15, -0.1) is 0 Å². The van der Waals surface area contributed by atoms with E-state index < -0.39 is 0 Å². The molecular formula is C8H16N2O. The minimum Gasteiger partial charge on any atom is -0.345 e. The van der Waals surface area contributed by atoms with Gasteiger partial charge in [0.1, 0.15) is 0 Å². The zero-order chi connectivity index (χ0) is 8.85. The summed E-state index contributed by atoms with van der Waals surface area (Å²) < 4.78 is 0. The number of rotatable bonds is 4. The van der Waals surface area contributed by atoms with Crippen LogP contribution in [0.1, 0.15) is 26.7 Å². The summed E-state index contributed by atoms with van der Waals surface area (Å²) in [5.74, 6) is 0.0411. The molecule has 1 N–H and O–H groups in total. The fraction of sp³-hybridized carbons (Fsp3) is 0.750. The number of nitrogens with one attached hydrogen (secondary N) is 1. The second-order valence-electron chi connectivity index (χ2n) is 2.77. The first-order valence-electron chi connectivity index (χ1n) is 3.86. The highest BCUT2D eigenvalue weighted by molar-refractivity contribution is 5.98. The molecule has 0 atom stereocenters. The van der Waals surface area contributed by atoms with E-state index in [1.54, 1.807) is 18.9 Å². The summed E-state index contributed by atoms with van der Waals surface area (Å²) in [6.07, 6.45) is 1.23. The van der Waals surface area contributed by atoms with E-state index in [4.69, 9.17) is 5.41 Å². The highest BCUT2D eigenvalue weighted by Crippen LogP contribution is 1.93. The third-order valence-corrected chi connectivity index (χ3v) is 1.40. The zero-order valence-electron chi connectivity index (χ0n) is 7.48. The molecule has 0 fully saturated rings. The van der Waals surface area contributed by atoms with Crippen LogP contribution in [-0.4, -0.2) is 30.1 Å². The van der Waals surface area contributed by atoms with E-state index in [1.165, 1.54) is 0 Å². The molecule has 3 nitrogen and oxygen atoms in total. The van der Waals surface area contributed by atoms with Crippen LogP contribution in [0.25, 0.3) is 0 Å². The van der Waals surface area contributed by atoms with Gasteiger partial charge in [-0.2, -0.15) is 0 Å². The largest absolute Gasteiger partial charge is 0.345 e. The van der Waals surface area contributed by atoms with Crippen LogP contribution in [0, 0.1) is 5.41 Å². The standard InChI is InChI=1S/C8H16N2O/c1-4-5-10(3)8(11)6-7(2)9/h9H,4-6H2,1-3H3. The van der Waals surface area contributed by atoms with E-state index in [1.807, 2.05) is 6.92 Å². The molecule has 0 saturated heterocycles. The Bertz CT molecular complexity index is 154. The summed E-state index contributed by atoms with van der Waals surface area (Å²) in [5, 5.41) is 7.10. The second-order valence-corrected chi connectivity index (χ2v) is 2.77. The van der Waals surface area contributed by atoms with E-state index >= 15 is 0 Å². The Morgan fingerprint density at radius 1 is 1.55 bits per heavy atom. The molecule has 0 aromatic carbocycles. The smallest absolute Gasteiger partial charge is 0.227 e. The van der Waals surface area contributed by atoms with Crippen molar-refractivity contribution in [3.05, 3.63) is 0 Å². The highest BCUT2D eigenvalue weighted by Gasteiger charge is 2.07. The topological polar surface area (TPSA) is 44.2 Å². The molecule has 0 heterocycles. The van der Waals surface area contributed by atoms with Crippen molar-refractivity contribution in [1.29, 1.82) is 5.41 Å². The Labute approximate surface area is 67.9 Å². The van der Waals surface area contributed by atoms with Gasteiger partial charge in [-0.3, -0.25) is 4.79 Å². The van der Waals surface area contributed by atoms with Crippen molar-refractivity contribution in [3.63, 3.8) is 0 Å². The molecule has 0 aliphatic heterocycles. The normalized spacial score (nSPS) is 9.36. The maximum atomic E-state index is 11.1. The molecule has 0 saturated carbocycles. The monoisotopic (exact) mass is 156 g/mol. The van der Waals surface area contributed by atoms with Crippen LogP contribution >= 0.6 is 0 Å². The van der Waals surface area contributed by atoms with E-state index in [2.05, 4.69) is 0 Å². The van der Waals surface area contributed by atoms with Crippen molar-refractivity contribution in [3.8, 4) is 0 Å². The van der Waals surface area contributed by atoms with Crippen LogP contribution in [0.2, 0.25) is 0 Å². The van der Waals surface area contributed by atoms with Crippen LogP contribution in [0.4, 0.5) is 0 Å². The fourth-order valence-corrected chi connectivity index (χ4v) is 0.822. The van der Waals surface area contributed by atoms with Gasteiger partial charge in [0, 0.05) is 19.3 Å². The van der Waals surface area contributed by atoms with Gasteiger partial charge in [0.2, 0.25) is 5.91 Å². The molecule has 0 aliphatic carbocycles. The maximum Gasteiger partial charge on any atom is 0.227 e. The Morgan fingerprint density at radius 2 is 2.09 bits per heavy atom. The maximum absolute atomic E-state index is 11.1. The third-order valence-electron chi connectivity index (χ3n) is 1.40. The Hall–Kier alpha value is -0.860. The second kappa shape index (κ2) is 4.88. The summed E-state index contributed by atoms with van der Waals surface area (Å²) in [6.45, 7) is 4.46. The van der Waals surface area contributed by atoms with Gasteiger partial charge in [-0.1, -0.05) is 6.92 Å². The molecule has 0 aromatic rings. The Kier molecular flexibility index (Phi) is 4.50. The summed E-state index contributed by atoms with van der Waals surface area (Å²) in [7, 11) is 1.77. The van der Waals surface area contributed by atoms with Crippen LogP contribution in [0.15, 0.2) is 0 Å². The van der Waals surface area contributed by atoms with Gasteiger partial charge in [0.15, 0.2) is 0 Å². The summed E-state index contributed by atoms with van der Waals surface area (Å²) in [4.78, 5) is 12.8. The first-order valence-corrected chi connectivity index (χ1v) is 3.86. The summed E-state index contributed by atoms with van der Waals surface area (Å²) in [5.41, 5.74) is 0.429. The van der Waals surface area contributed by atoms with Crippen LogP contribution in [0.3, 0.4) is 0 Å². The number of hydrogen-bond donors (Lipinski definition) is 1. The van der Waals surface area contributed by atoms with Gasteiger partial charge in [-0.25, -0.2) is 0 Å². The SMILES string of the molecule is CCCN(C)C(=O)CC(C)=N. The molecule has 0 bridgehead atoms. The molecule has 11 heavy (non-hydrogen) atoms. The van der Waals surface area contributed by atoms with Crippen molar-refractivity contribution in [2.75, 3.05) is 13.6 Å². The van der Waals surface area contributed by atoms with Crippen molar-refractivity contribution in [2.24, 2.45) is 0 Å². The lowest BCUT2D eigenvalue weighted by atomic mass is 10.2. The third kappa shape index (κ3) is 4.53. The first kappa shape index (κ1) is 10.1. The molecule has 0 unspecified atom stereocenters. The van der Waals surface area contributed by atoms with Crippen molar-refractivity contribution in [1.82, 2.24) is 4.90 Å². The van der Waals surface area contributed by atoms with Crippen molar-refractivity contribution in [2.45, 2.75) is 26.7 Å². The van der Waals surface area contributed by atoms with E-state index in [9.17, 15) is 4.79 Å². The quantitative estimate of drug-likeness (QED) is 0.612. The lowest BCUT2D eigenvalue weighted by Crippen LogP contribution is -2.28. The molecule has 1 amide bonds. The van der Waals surface area contributed by atoms with E-state index in [-0.39, 0.29) is 12.3 Å². The van der Waals surface area contributed by atoms with Gasteiger partial charge in [0.25, 0.3) is 0 Å². The molecule has 0 radical (unpaired) electrons. The first-order chi connectivity index (χ1) is 5.07. The number of carbonyl (C=O) groups excluding carboxylic acids is 1. The average Bonchev–Trinajstić information content (AvgIpc) is 1.86. The summed E-state index contributed by atoms with van der Waals surface area (Å²) in [6, 6.07) is 0. The Morgan fingerprint density at radius 3 is 2.45 bits per heavy atom. The highest BCUT2D eigenvalue weighted by atomic mass is 16.2. The molecule has 0 aromatic heterocycles. The molecular weight excluding hydrogens is 140 g/mol. The Balaban J connectivity index is 3.73. The molecule has 0 rings (SSSR count). The number of nitrogens with zero attached hydrogens (tertiary/aromatic N) is 1. The van der Waals surface area contributed by atoms with E-state index in [0.717, 1.165) is 13.0 Å². The van der Waals surface area contributed by atoms with Gasteiger partial charge >= 0.3 is 0 Å². The average molecular weight is 156 g/mol. The molecule has 3 heteroatoms. The van der Waals surface area contributed by atoms with Crippen LogP contribution in [-0.2, 0) is 4.79 Å². The number of amides is 1. The minimum atomic E-state index is 0.0411. The lowest BCUT2D eigenvalue weighted by molar-refractivity contribution is -0.128. The summed E-state index contributed by atoms with van der Waals surface area (Å²) >= 11 is 0. The molecule has 0 aliphatic rings. The van der Waals surface area contributed by atoms with Crippen molar-refractivity contribution >= 4 is 11.6 Å². The zero-order valence-corrected chi connectivity index (χ0v) is 7.48.